The molecule has 0 bridgehead atoms. The van der Waals surface area contributed by atoms with Gasteiger partial charge in [-0.1, -0.05) is 60.7 Å². The second-order valence-corrected chi connectivity index (χ2v) is 8.15. The molecule has 2 aliphatic rings. The van der Waals surface area contributed by atoms with Crippen LogP contribution in [-0.4, -0.2) is 36.9 Å². The smallest absolute Gasteiger partial charge is 0.355 e. The lowest BCUT2D eigenvalue weighted by Crippen LogP contribution is -2.51. The van der Waals surface area contributed by atoms with E-state index in [1.54, 1.807) is 49.4 Å². The Morgan fingerprint density at radius 3 is 2.29 bits per heavy atom. The van der Waals surface area contributed by atoms with E-state index in [2.05, 4.69) is 0 Å². The van der Waals surface area contributed by atoms with Crippen molar-refractivity contribution < 1.29 is 23.8 Å². The number of carbonyl (C=O) groups is 2. The third-order valence-corrected chi connectivity index (χ3v) is 6.15. The summed E-state index contributed by atoms with van der Waals surface area (Å²) < 4.78 is 16.5. The lowest BCUT2D eigenvalue weighted by atomic mass is 9.76. The van der Waals surface area contributed by atoms with Crippen molar-refractivity contribution in [2.24, 2.45) is 5.10 Å². The molecule has 0 saturated heterocycles. The summed E-state index contributed by atoms with van der Waals surface area (Å²) in [7, 11) is 1.58. The molecule has 5 rings (SSSR count). The maximum Gasteiger partial charge on any atom is 0.355 e. The maximum atomic E-state index is 13.8. The molecule has 0 fully saturated rings. The minimum Gasteiger partial charge on any atom is -0.497 e. The fraction of sp³-hybridized carbons (Fsp3) is 0.179. The highest BCUT2D eigenvalue weighted by molar-refractivity contribution is 6.41. The Balaban J connectivity index is 1.74. The Morgan fingerprint density at radius 1 is 1.00 bits per heavy atom. The maximum absolute atomic E-state index is 13.8. The summed E-state index contributed by atoms with van der Waals surface area (Å²) in [5.41, 5.74) is 0.815. The molecule has 0 saturated carbocycles. The Morgan fingerprint density at radius 2 is 1.66 bits per heavy atom. The van der Waals surface area contributed by atoms with E-state index in [1.807, 2.05) is 60.7 Å². The van der Waals surface area contributed by atoms with Crippen LogP contribution in [0.3, 0.4) is 0 Å². The first kappa shape index (κ1) is 22.4. The van der Waals surface area contributed by atoms with Gasteiger partial charge >= 0.3 is 11.9 Å². The van der Waals surface area contributed by atoms with E-state index in [0.717, 1.165) is 11.1 Å². The minimum absolute atomic E-state index is 0.136. The zero-order chi connectivity index (χ0) is 24.4. The van der Waals surface area contributed by atoms with E-state index < -0.39 is 23.4 Å². The molecule has 0 aliphatic carbocycles. The molecule has 2 heterocycles. The zero-order valence-electron chi connectivity index (χ0n) is 19.4. The lowest BCUT2D eigenvalue weighted by molar-refractivity contribution is -0.139. The van der Waals surface area contributed by atoms with Crippen LogP contribution in [0.15, 0.2) is 96.1 Å². The van der Waals surface area contributed by atoms with E-state index in [1.165, 1.54) is 0 Å². The van der Waals surface area contributed by atoms with Crippen molar-refractivity contribution in [3.63, 3.8) is 0 Å². The summed E-state index contributed by atoms with van der Waals surface area (Å²) in [5.74, 6) is -0.783. The molecule has 35 heavy (non-hydrogen) atoms. The van der Waals surface area contributed by atoms with Crippen LogP contribution < -0.4 is 9.75 Å². The number of esters is 2. The van der Waals surface area contributed by atoms with Crippen LogP contribution in [0.25, 0.3) is 5.76 Å². The molecular formula is C28H24N2O5. The Hall–Kier alpha value is -4.39. The average Bonchev–Trinajstić information content (AvgIpc) is 3.43. The predicted octanol–water partition coefficient (Wildman–Crippen LogP) is 4.55. The Bertz CT molecular complexity index is 1300. The number of rotatable bonds is 6. The molecule has 0 radical (unpaired) electrons. The number of benzene rings is 3. The number of methoxy groups -OCH3 is 1. The second-order valence-electron chi connectivity index (χ2n) is 8.15. The predicted molar refractivity (Wildman–Crippen MR) is 132 cm³/mol. The molecule has 0 aromatic heterocycles. The summed E-state index contributed by atoms with van der Waals surface area (Å²) in [4.78, 5) is 27.0. The number of carbonyl (C=O) groups excluding carboxylic acids is 2. The number of cyclic esters (lactones) is 1. The van der Waals surface area contributed by atoms with Gasteiger partial charge in [0.2, 0.25) is 0 Å². The highest BCUT2D eigenvalue weighted by Crippen LogP contribution is 2.49. The molecule has 3 aromatic rings. The molecule has 7 nitrogen and oxygen atoms in total. The molecule has 7 heteroatoms. The Kier molecular flexibility index (Phi) is 5.82. The monoisotopic (exact) mass is 468 g/mol. The normalized spacial score (nSPS) is 20.9. The highest BCUT2D eigenvalue weighted by Gasteiger charge is 2.62. The van der Waals surface area contributed by atoms with Crippen LogP contribution in [0.4, 0.5) is 5.69 Å². The van der Waals surface area contributed by atoms with Crippen molar-refractivity contribution >= 4 is 29.1 Å². The fourth-order valence-corrected chi connectivity index (χ4v) is 4.56. The van der Waals surface area contributed by atoms with Gasteiger partial charge in [-0.3, -0.25) is 0 Å². The molecule has 0 N–H and O–H groups in total. The average molecular weight is 469 g/mol. The van der Waals surface area contributed by atoms with E-state index in [-0.39, 0.29) is 12.3 Å². The standard InChI is InChI=1S/C28H24N2O5/c1-3-34-26(31)25-24(20-12-8-5-9-13-20)28(30(29-25)21-14-16-22(33-2)17-15-21)18-23(35-27(28)32)19-10-6-4-7-11-19/h4-18,24H,3H2,1-2H3/t24-,28+/m0/s1. The van der Waals surface area contributed by atoms with Gasteiger partial charge in [0.25, 0.3) is 0 Å². The van der Waals surface area contributed by atoms with Gasteiger partial charge in [0.15, 0.2) is 11.3 Å². The number of anilines is 1. The molecule has 176 valence electrons. The van der Waals surface area contributed by atoms with Crippen LogP contribution >= 0.6 is 0 Å². The Labute approximate surface area is 203 Å². The van der Waals surface area contributed by atoms with Gasteiger partial charge in [0.05, 0.1) is 25.3 Å². The van der Waals surface area contributed by atoms with E-state index >= 15 is 0 Å². The molecular weight excluding hydrogens is 444 g/mol. The number of hydrogen-bond donors (Lipinski definition) is 0. The van der Waals surface area contributed by atoms with Crippen LogP contribution in [0.1, 0.15) is 24.0 Å². The van der Waals surface area contributed by atoms with E-state index in [4.69, 9.17) is 19.3 Å². The largest absolute Gasteiger partial charge is 0.497 e. The molecule has 3 aromatic carbocycles. The van der Waals surface area contributed by atoms with Gasteiger partial charge in [-0.2, -0.15) is 5.10 Å². The van der Waals surface area contributed by atoms with Gasteiger partial charge in [-0.15, -0.1) is 0 Å². The fourth-order valence-electron chi connectivity index (χ4n) is 4.56. The topological polar surface area (TPSA) is 77.4 Å². The number of hydrogen-bond acceptors (Lipinski definition) is 7. The van der Waals surface area contributed by atoms with Gasteiger partial charge in [0, 0.05) is 5.56 Å². The zero-order valence-corrected chi connectivity index (χ0v) is 19.4. The molecule has 1 spiro atoms. The van der Waals surface area contributed by atoms with Crippen molar-refractivity contribution in [2.75, 3.05) is 18.7 Å². The van der Waals surface area contributed by atoms with E-state index in [0.29, 0.717) is 17.2 Å². The number of hydrazone groups is 1. The highest BCUT2D eigenvalue weighted by atomic mass is 16.5. The SMILES string of the molecule is CCOC(=O)C1=NN(c2ccc(OC)cc2)[C@]2(C=C(c3ccccc3)OC2=O)[C@H]1c1ccccc1. The summed E-state index contributed by atoms with van der Waals surface area (Å²) in [6.07, 6.45) is 1.77. The molecule has 2 aliphatic heterocycles. The van der Waals surface area contributed by atoms with Crippen molar-refractivity contribution in [2.45, 2.75) is 18.4 Å². The number of ether oxygens (including phenoxy) is 3. The van der Waals surface area contributed by atoms with E-state index in [9.17, 15) is 9.59 Å². The van der Waals surface area contributed by atoms with Gasteiger partial charge in [-0.05, 0) is 42.8 Å². The summed E-state index contributed by atoms with van der Waals surface area (Å²) in [6.45, 7) is 1.92. The second kappa shape index (κ2) is 9.10. The van der Waals surface area contributed by atoms with Crippen LogP contribution in [-0.2, 0) is 19.1 Å². The van der Waals surface area contributed by atoms with Crippen molar-refractivity contribution in [1.29, 1.82) is 0 Å². The summed E-state index contributed by atoms with van der Waals surface area (Å²) >= 11 is 0. The van der Waals surface area contributed by atoms with Crippen LogP contribution in [0.5, 0.6) is 5.75 Å². The third-order valence-electron chi connectivity index (χ3n) is 6.15. The summed E-state index contributed by atoms with van der Waals surface area (Å²) in [6, 6.07) is 25.9. The minimum atomic E-state index is -1.43. The molecule has 2 atom stereocenters. The molecule has 0 unspecified atom stereocenters. The first-order valence-corrected chi connectivity index (χ1v) is 11.3. The van der Waals surface area contributed by atoms with Crippen LogP contribution in [0.2, 0.25) is 0 Å². The first-order valence-electron chi connectivity index (χ1n) is 11.3. The quantitative estimate of drug-likeness (QED) is 0.494. The van der Waals surface area contributed by atoms with Crippen molar-refractivity contribution in [1.82, 2.24) is 0 Å². The first-order chi connectivity index (χ1) is 17.1. The van der Waals surface area contributed by atoms with Gasteiger partial charge in [-0.25, -0.2) is 14.6 Å². The third kappa shape index (κ3) is 3.75. The van der Waals surface area contributed by atoms with Crippen LogP contribution in [0, 0.1) is 0 Å². The van der Waals surface area contributed by atoms with Crippen molar-refractivity contribution in [3.05, 3.63) is 102 Å². The van der Waals surface area contributed by atoms with Gasteiger partial charge in [0.1, 0.15) is 11.5 Å². The van der Waals surface area contributed by atoms with Crippen molar-refractivity contribution in [3.8, 4) is 5.75 Å². The molecule has 0 amide bonds. The lowest BCUT2D eigenvalue weighted by Gasteiger charge is -2.34. The summed E-state index contributed by atoms with van der Waals surface area (Å²) in [5, 5.41) is 6.26. The van der Waals surface area contributed by atoms with Gasteiger partial charge < -0.3 is 14.2 Å². The number of nitrogens with zero attached hydrogens (tertiary/aromatic N) is 2.